The molecule has 3 amide bonds. The van der Waals surface area contributed by atoms with Crippen molar-refractivity contribution in [1.29, 1.82) is 0 Å². The van der Waals surface area contributed by atoms with Crippen LogP contribution in [-0.2, 0) is 21.3 Å². The number of ether oxygens (including phenoxy) is 1. The van der Waals surface area contributed by atoms with E-state index in [4.69, 9.17) is 9.29 Å². The lowest BCUT2D eigenvalue weighted by molar-refractivity contribution is -0.118. The molecule has 3 aromatic carbocycles. The van der Waals surface area contributed by atoms with Crippen LogP contribution in [0, 0.1) is 13.8 Å². The van der Waals surface area contributed by atoms with Gasteiger partial charge in [0, 0.05) is 42.6 Å². The van der Waals surface area contributed by atoms with Gasteiger partial charge in [0.1, 0.15) is 5.75 Å². The molecule has 0 bridgehead atoms. The third kappa shape index (κ3) is 8.57. The molecule has 47 heavy (non-hydrogen) atoms. The fraction of sp³-hybridized carbons (Fsp3) is 0.343. The summed E-state index contributed by atoms with van der Waals surface area (Å²) in [6, 6.07) is 18.7. The van der Waals surface area contributed by atoms with Gasteiger partial charge in [-0.05, 0) is 92.1 Å². The van der Waals surface area contributed by atoms with Gasteiger partial charge >= 0.3 is 6.03 Å². The van der Waals surface area contributed by atoms with Crippen molar-refractivity contribution >= 4 is 33.4 Å². The molecule has 1 unspecified atom stereocenters. The van der Waals surface area contributed by atoms with Gasteiger partial charge < -0.3 is 20.3 Å². The Balaban J connectivity index is 1.23. The second-order valence-electron chi connectivity index (χ2n) is 11.8. The van der Waals surface area contributed by atoms with E-state index < -0.39 is 21.9 Å². The Hall–Kier alpha value is -4.68. The second-order valence-corrected chi connectivity index (χ2v) is 13.4. The van der Waals surface area contributed by atoms with Gasteiger partial charge in [0.05, 0.1) is 24.6 Å². The van der Waals surface area contributed by atoms with Crippen LogP contribution in [0.1, 0.15) is 54.5 Å². The minimum absolute atomic E-state index is 0.0950. The standard InChI is InChI=1S/C35H41N5O6S/c1-24-9-4-15-33(25(24)2)46-19-8-16-34(41)39-18-7-13-31-30(12-6-14-32(31)39)28-22-37-40(23-28)26(3)27-10-5-11-29(21-27)38-35(42)36-17-20-47(43,44)45/h4-6,9-12,14-15,21-23,26H,7-8,13,16-20H2,1-3H3,(H2,36,38,42)(H,43,44,45). The van der Waals surface area contributed by atoms with Crippen LogP contribution in [0.5, 0.6) is 5.75 Å². The summed E-state index contributed by atoms with van der Waals surface area (Å²) in [5.41, 5.74) is 7.83. The van der Waals surface area contributed by atoms with Crippen LogP contribution in [-0.4, -0.2) is 60.1 Å². The molecule has 0 saturated carbocycles. The van der Waals surface area contributed by atoms with Crippen LogP contribution in [0.15, 0.2) is 73.1 Å². The molecule has 0 saturated heterocycles. The smallest absolute Gasteiger partial charge is 0.319 e. The molecular formula is C35H41N5O6S. The van der Waals surface area contributed by atoms with Gasteiger partial charge in [0.2, 0.25) is 5.91 Å². The summed E-state index contributed by atoms with van der Waals surface area (Å²) < 4.78 is 38.5. The van der Waals surface area contributed by atoms with Crippen molar-refractivity contribution in [2.45, 2.75) is 52.5 Å². The maximum Gasteiger partial charge on any atom is 0.319 e. The van der Waals surface area contributed by atoms with Gasteiger partial charge in [-0.15, -0.1) is 0 Å². The molecule has 1 aromatic heterocycles. The van der Waals surface area contributed by atoms with Crippen molar-refractivity contribution in [3.8, 4) is 16.9 Å². The highest BCUT2D eigenvalue weighted by molar-refractivity contribution is 7.85. The molecule has 1 atom stereocenters. The minimum atomic E-state index is -4.16. The van der Waals surface area contributed by atoms with E-state index in [-0.39, 0.29) is 18.5 Å². The zero-order chi connectivity index (χ0) is 33.6. The third-order valence-corrected chi connectivity index (χ3v) is 9.20. The molecule has 12 heteroatoms. The van der Waals surface area contributed by atoms with Gasteiger partial charge in [0.15, 0.2) is 0 Å². The normalized spacial score (nSPS) is 13.5. The van der Waals surface area contributed by atoms with E-state index in [2.05, 4.69) is 34.8 Å². The second kappa shape index (κ2) is 14.8. The first-order chi connectivity index (χ1) is 22.5. The summed E-state index contributed by atoms with van der Waals surface area (Å²) in [4.78, 5) is 27.5. The number of hydrogen-bond donors (Lipinski definition) is 3. The summed E-state index contributed by atoms with van der Waals surface area (Å²) in [6.07, 6.45) is 6.62. The van der Waals surface area contributed by atoms with Gasteiger partial charge in [-0.25, -0.2) is 4.79 Å². The quantitative estimate of drug-likeness (QED) is 0.127. The van der Waals surface area contributed by atoms with E-state index in [1.807, 2.05) is 78.3 Å². The van der Waals surface area contributed by atoms with Crippen molar-refractivity contribution in [2.75, 3.05) is 35.7 Å². The average Bonchev–Trinajstić information content (AvgIpc) is 3.53. The molecule has 1 aliphatic heterocycles. The van der Waals surface area contributed by atoms with E-state index in [9.17, 15) is 18.0 Å². The summed E-state index contributed by atoms with van der Waals surface area (Å²) in [6.45, 7) is 7.07. The predicted octanol–water partition coefficient (Wildman–Crippen LogP) is 5.92. The molecule has 0 aliphatic carbocycles. The maximum absolute atomic E-state index is 13.4. The topological polar surface area (TPSA) is 143 Å². The van der Waals surface area contributed by atoms with E-state index in [0.29, 0.717) is 31.7 Å². The number of aryl methyl sites for hydroxylation is 1. The lowest BCUT2D eigenvalue weighted by atomic mass is 9.93. The summed E-state index contributed by atoms with van der Waals surface area (Å²) in [5, 5.41) is 9.75. The number of nitrogens with one attached hydrogen (secondary N) is 2. The Kier molecular flexibility index (Phi) is 10.6. The molecule has 248 valence electrons. The fourth-order valence-electron chi connectivity index (χ4n) is 5.76. The molecule has 4 aromatic rings. The number of anilines is 2. The number of carbonyl (C=O) groups is 2. The van der Waals surface area contributed by atoms with E-state index >= 15 is 0 Å². The summed E-state index contributed by atoms with van der Waals surface area (Å²) in [7, 11) is -4.16. The SMILES string of the molecule is Cc1cccc(OCCCC(=O)N2CCCc3c(-c4cnn(C(C)c5cccc(NC(=O)NCCS(=O)(=O)O)c5)c4)cccc32)c1C. The fourth-order valence-corrected chi connectivity index (χ4v) is 6.12. The number of hydrogen-bond acceptors (Lipinski definition) is 6. The Morgan fingerprint density at radius 2 is 1.87 bits per heavy atom. The van der Waals surface area contributed by atoms with Crippen molar-refractivity contribution in [2.24, 2.45) is 0 Å². The van der Waals surface area contributed by atoms with Crippen LogP contribution in [0.2, 0.25) is 0 Å². The van der Waals surface area contributed by atoms with Crippen molar-refractivity contribution in [3.05, 3.63) is 95.3 Å². The number of urea groups is 1. The number of fused-ring (bicyclic) bond motifs is 1. The molecule has 5 rings (SSSR count). The number of amides is 3. The highest BCUT2D eigenvalue weighted by Gasteiger charge is 2.25. The number of nitrogens with zero attached hydrogens (tertiary/aromatic N) is 3. The minimum Gasteiger partial charge on any atom is -0.493 e. The first-order valence-corrected chi connectivity index (χ1v) is 17.4. The van der Waals surface area contributed by atoms with Crippen LogP contribution in [0.25, 0.3) is 11.1 Å². The number of benzene rings is 3. The summed E-state index contributed by atoms with van der Waals surface area (Å²) in [5.74, 6) is 0.392. The molecule has 2 heterocycles. The third-order valence-electron chi connectivity index (χ3n) is 8.48. The number of carbonyl (C=O) groups excluding carboxylic acids is 2. The van der Waals surface area contributed by atoms with Crippen molar-refractivity contribution in [1.82, 2.24) is 15.1 Å². The first kappa shape index (κ1) is 33.7. The van der Waals surface area contributed by atoms with Gasteiger partial charge in [-0.1, -0.05) is 36.4 Å². The van der Waals surface area contributed by atoms with Crippen molar-refractivity contribution < 1.29 is 27.3 Å². The zero-order valence-corrected chi connectivity index (χ0v) is 27.7. The molecule has 1 aliphatic rings. The highest BCUT2D eigenvalue weighted by Crippen LogP contribution is 2.36. The van der Waals surface area contributed by atoms with Gasteiger partial charge in [-0.3, -0.25) is 14.0 Å². The monoisotopic (exact) mass is 659 g/mol. The molecule has 0 spiro atoms. The molecule has 0 fully saturated rings. The van der Waals surface area contributed by atoms with Crippen LogP contribution in [0.3, 0.4) is 0 Å². The van der Waals surface area contributed by atoms with Crippen LogP contribution in [0.4, 0.5) is 16.2 Å². The summed E-state index contributed by atoms with van der Waals surface area (Å²) >= 11 is 0. The lowest BCUT2D eigenvalue weighted by Crippen LogP contribution is -2.35. The van der Waals surface area contributed by atoms with E-state index in [1.54, 1.807) is 6.07 Å². The Morgan fingerprint density at radius 3 is 2.68 bits per heavy atom. The highest BCUT2D eigenvalue weighted by atomic mass is 32.2. The number of aromatic nitrogens is 2. The largest absolute Gasteiger partial charge is 0.493 e. The van der Waals surface area contributed by atoms with Gasteiger partial charge in [0.25, 0.3) is 10.1 Å². The molecule has 3 N–H and O–H groups in total. The zero-order valence-electron chi connectivity index (χ0n) is 26.9. The predicted molar refractivity (Wildman–Crippen MR) is 183 cm³/mol. The Labute approximate surface area is 275 Å². The first-order valence-electron chi connectivity index (χ1n) is 15.8. The van der Waals surface area contributed by atoms with E-state index in [1.165, 1.54) is 5.56 Å². The Morgan fingerprint density at radius 1 is 1.09 bits per heavy atom. The van der Waals surface area contributed by atoms with E-state index in [0.717, 1.165) is 52.1 Å². The molecular weight excluding hydrogens is 618 g/mol. The molecule has 11 nitrogen and oxygen atoms in total. The van der Waals surface area contributed by atoms with Crippen LogP contribution >= 0.6 is 0 Å². The maximum atomic E-state index is 13.4. The Bertz CT molecular complexity index is 1850. The van der Waals surface area contributed by atoms with Crippen molar-refractivity contribution in [3.63, 3.8) is 0 Å². The molecule has 0 radical (unpaired) electrons. The van der Waals surface area contributed by atoms with Crippen LogP contribution < -0.4 is 20.3 Å². The lowest BCUT2D eigenvalue weighted by Gasteiger charge is -2.31. The average molecular weight is 660 g/mol. The number of rotatable bonds is 12. The van der Waals surface area contributed by atoms with Gasteiger partial charge in [-0.2, -0.15) is 13.5 Å².